The lowest BCUT2D eigenvalue weighted by molar-refractivity contribution is 0.0292. The van der Waals surface area contributed by atoms with Crippen LogP contribution in [0.1, 0.15) is 81.5 Å². The van der Waals surface area contributed by atoms with Crippen LogP contribution < -0.4 is 5.73 Å². The standard InChI is InChI=1S/C19H31NO3/c1-2-3-4-5-6-7-8-9-10-11-18(20)23-19(22)16-12-14-17(21)15-13-16/h12-15,18,21H,2-11,20H2,1H3. The van der Waals surface area contributed by atoms with E-state index in [0.717, 1.165) is 12.8 Å². The van der Waals surface area contributed by atoms with Crippen LogP contribution in [0, 0.1) is 0 Å². The van der Waals surface area contributed by atoms with Gasteiger partial charge in [0.15, 0.2) is 6.23 Å². The molecule has 0 radical (unpaired) electrons. The van der Waals surface area contributed by atoms with Crippen LogP contribution in [0.25, 0.3) is 0 Å². The molecule has 0 aliphatic rings. The van der Waals surface area contributed by atoms with E-state index in [1.165, 1.54) is 69.2 Å². The first-order valence-corrected chi connectivity index (χ1v) is 8.89. The Labute approximate surface area is 140 Å². The Balaban J connectivity index is 2.04. The second kappa shape index (κ2) is 11.9. The van der Waals surface area contributed by atoms with Gasteiger partial charge in [0.1, 0.15) is 5.75 Å². The lowest BCUT2D eigenvalue weighted by Crippen LogP contribution is -2.27. The van der Waals surface area contributed by atoms with Gasteiger partial charge < -0.3 is 9.84 Å². The lowest BCUT2D eigenvalue weighted by atomic mass is 10.1. The number of aromatic hydroxyl groups is 1. The van der Waals surface area contributed by atoms with Crippen LogP contribution in [0.15, 0.2) is 24.3 Å². The van der Waals surface area contributed by atoms with Gasteiger partial charge in [-0.1, -0.05) is 58.3 Å². The molecule has 0 fully saturated rings. The van der Waals surface area contributed by atoms with Crippen molar-refractivity contribution < 1.29 is 14.6 Å². The number of carbonyl (C=O) groups excluding carboxylic acids is 1. The van der Waals surface area contributed by atoms with E-state index in [2.05, 4.69) is 6.92 Å². The van der Waals surface area contributed by atoms with E-state index in [4.69, 9.17) is 10.5 Å². The molecule has 4 nitrogen and oxygen atoms in total. The fourth-order valence-corrected chi connectivity index (χ4v) is 2.52. The first-order valence-electron chi connectivity index (χ1n) is 8.89. The number of esters is 1. The van der Waals surface area contributed by atoms with Crippen molar-refractivity contribution in [3.63, 3.8) is 0 Å². The number of hydrogen-bond acceptors (Lipinski definition) is 4. The maximum Gasteiger partial charge on any atom is 0.339 e. The largest absolute Gasteiger partial charge is 0.508 e. The van der Waals surface area contributed by atoms with Gasteiger partial charge in [-0.05, 0) is 37.1 Å². The highest BCUT2D eigenvalue weighted by atomic mass is 16.6. The van der Waals surface area contributed by atoms with Gasteiger partial charge in [0, 0.05) is 0 Å². The molecule has 1 unspecified atom stereocenters. The predicted octanol–water partition coefficient (Wildman–Crippen LogP) is 4.75. The average Bonchev–Trinajstić information content (AvgIpc) is 2.54. The number of ether oxygens (including phenoxy) is 1. The smallest absolute Gasteiger partial charge is 0.339 e. The molecule has 130 valence electrons. The number of rotatable bonds is 12. The van der Waals surface area contributed by atoms with Gasteiger partial charge in [-0.2, -0.15) is 0 Å². The Bertz CT molecular complexity index is 431. The van der Waals surface area contributed by atoms with Gasteiger partial charge in [0.25, 0.3) is 0 Å². The minimum atomic E-state index is -0.555. The van der Waals surface area contributed by atoms with Gasteiger partial charge in [-0.15, -0.1) is 0 Å². The van der Waals surface area contributed by atoms with Crippen molar-refractivity contribution in [3.8, 4) is 5.75 Å². The number of hydrogen-bond donors (Lipinski definition) is 2. The first kappa shape index (κ1) is 19.5. The summed E-state index contributed by atoms with van der Waals surface area (Å²) in [6.45, 7) is 2.23. The molecule has 4 heteroatoms. The number of benzene rings is 1. The van der Waals surface area contributed by atoms with Crippen molar-refractivity contribution in [2.45, 2.75) is 77.4 Å². The number of nitrogens with two attached hydrogens (primary N) is 1. The molecule has 0 saturated heterocycles. The molecule has 1 aromatic carbocycles. The summed E-state index contributed by atoms with van der Waals surface area (Å²) in [5.74, 6) is -0.311. The Morgan fingerprint density at radius 3 is 2.09 bits per heavy atom. The third-order valence-electron chi connectivity index (χ3n) is 3.95. The normalized spacial score (nSPS) is 12.1. The van der Waals surface area contributed by atoms with Gasteiger partial charge in [0.2, 0.25) is 0 Å². The summed E-state index contributed by atoms with van der Waals surface area (Å²) in [7, 11) is 0. The Kier molecular flexibility index (Phi) is 10.1. The zero-order valence-corrected chi connectivity index (χ0v) is 14.3. The van der Waals surface area contributed by atoms with Crippen molar-refractivity contribution >= 4 is 5.97 Å². The molecule has 0 aromatic heterocycles. The zero-order chi connectivity index (χ0) is 16.9. The molecule has 1 atom stereocenters. The van der Waals surface area contributed by atoms with Crippen molar-refractivity contribution in [2.75, 3.05) is 0 Å². The van der Waals surface area contributed by atoms with Crippen LogP contribution in [-0.4, -0.2) is 17.3 Å². The second-order valence-corrected chi connectivity index (χ2v) is 6.11. The summed E-state index contributed by atoms with van der Waals surface area (Å²) in [4.78, 5) is 11.8. The van der Waals surface area contributed by atoms with Crippen LogP contribution in [-0.2, 0) is 4.74 Å². The van der Waals surface area contributed by atoms with Gasteiger partial charge in [0.05, 0.1) is 5.56 Å². The van der Waals surface area contributed by atoms with E-state index in [9.17, 15) is 9.90 Å². The fraction of sp³-hybridized carbons (Fsp3) is 0.632. The van der Waals surface area contributed by atoms with E-state index in [1.54, 1.807) is 0 Å². The van der Waals surface area contributed by atoms with E-state index in [1.807, 2.05) is 0 Å². The molecule has 0 aliphatic heterocycles. The average molecular weight is 321 g/mol. The molecule has 1 rings (SSSR count). The lowest BCUT2D eigenvalue weighted by Gasteiger charge is -2.13. The molecule has 23 heavy (non-hydrogen) atoms. The van der Waals surface area contributed by atoms with Gasteiger partial charge >= 0.3 is 5.97 Å². The number of unbranched alkanes of at least 4 members (excludes halogenated alkanes) is 8. The minimum absolute atomic E-state index is 0.126. The zero-order valence-electron chi connectivity index (χ0n) is 14.3. The molecule has 0 amide bonds. The predicted molar refractivity (Wildman–Crippen MR) is 93.3 cm³/mol. The summed E-state index contributed by atoms with van der Waals surface area (Å²) in [6.07, 6.45) is 11.4. The minimum Gasteiger partial charge on any atom is -0.508 e. The third-order valence-corrected chi connectivity index (χ3v) is 3.95. The third kappa shape index (κ3) is 9.24. The fourth-order valence-electron chi connectivity index (χ4n) is 2.52. The van der Waals surface area contributed by atoms with E-state index >= 15 is 0 Å². The van der Waals surface area contributed by atoms with Gasteiger partial charge in [-0.25, -0.2) is 4.79 Å². The summed E-state index contributed by atoms with van der Waals surface area (Å²) < 4.78 is 5.21. The van der Waals surface area contributed by atoms with Crippen LogP contribution in [0.4, 0.5) is 0 Å². The van der Waals surface area contributed by atoms with Crippen LogP contribution in [0.3, 0.4) is 0 Å². The van der Waals surface area contributed by atoms with Crippen LogP contribution in [0.5, 0.6) is 5.75 Å². The molecular weight excluding hydrogens is 290 g/mol. The first-order chi connectivity index (χ1) is 11.1. The van der Waals surface area contributed by atoms with E-state index in [0.29, 0.717) is 12.0 Å². The monoisotopic (exact) mass is 321 g/mol. The highest BCUT2D eigenvalue weighted by molar-refractivity contribution is 5.89. The van der Waals surface area contributed by atoms with Gasteiger partial charge in [-0.3, -0.25) is 5.73 Å². The molecular formula is C19H31NO3. The summed E-state index contributed by atoms with van der Waals surface area (Å²) in [5.41, 5.74) is 6.25. The highest BCUT2D eigenvalue weighted by Crippen LogP contribution is 2.13. The molecule has 1 aromatic rings. The Morgan fingerprint density at radius 1 is 1.00 bits per heavy atom. The highest BCUT2D eigenvalue weighted by Gasteiger charge is 2.11. The SMILES string of the molecule is CCCCCCCCCCCC(N)OC(=O)c1ccc(O)cc1. The summed E-state index contributed by atoms with van der Waals surface area (Å²) in [5, 5.41) is 9.19. The quantitative estimate of drug-likeness (QED) is 0.331. The molecule has 0 saturated carbocycles. The van der Waals surface area contributed by atoms with Crippen LogP contribution in [0.2, 0.25) is 0 Å². The van der Waals surface area contributed by atoms with Crippen molar-refractivity contribution in [1.29, 1.82) is 0 Å². The van der Waals surface area contributed by atoms with Crippen molar-refractivity contribution in [3.05, 3.63) is 29.8 Å². The number of carbonyl (C=O) groups is 1. The maximum atomic E-state index is 11.8. The molecule has 0 aliphatic carbocycles. The Hall–Kier alpha value is -1.55. The van der Waals surface area contributed by atoms with Crippen LogP contribution >= 0.6 is 0 Å². The second-order valence-electron chi connectivity index (χ2n) is 6.11. The summed E-state index contributed by atoms with van der Waals surface area (Å²) >= 11 is 0. The number of phenolic OH excluding ortho intramolecular Hbond substituents is 1. The topological polar surface area (TPSA) is 72.5 Å². The molecule has 0 spiro atoms. The molecule has 0 heterocycles. The summed E-state index contributed by atoms with van der Waals surface area (Å²) in [6, 6.07) is 5.98. The van der Waals surface area contributed by atoms with E-state index < -0.39 is 12.2 Å². The van der Waals surface area contributed by atoms with E-state index in [-0.39, 0.29) is 5.75 Å². The molecule has 3 N–H and O–H groups in total. The maximum absolute atomic E-state index is 11.8. The number of phenols is 1. The molecule has 0 bridgehead atoms. The Morgan fingerprint density at radius 2 is 1.52 bits per heavy atom. The van der Waals surface area contributed by atoms with Crippen molar-refractivity contribution in [1.82, 2.24) is 0 Å². The van der Waals surface area contributed by atoms with Crippen molar-refractivity contribution in [2.24, 2.45) is 5.73 Å².